The SMILES string of the molecule is CCNC(=NCC(CC)(CC)CCO)NCC(CC)CC. The van der Waals surface area contributed by atoms with Crippen molar-refractivity contribution in [1.82, 2.24) is 10.6 Å². The summed E-state index contributed by atoms with van der Waals surface area (Å²) in [7, 11) is 0. The summed E-state index contributed by atoms with van der Waals surface area (Å²) in [4.78, 5) is 4.77. The van der Waals surface area contributed by atoms with Gasteiger partial charge >= 0.3 is 0 Å². The first-order chi connectivity index (χ1) is 10.1. The molecular formula is C17H37N3O. The smallest absolute Gasteiger partial charge is 0.191 e. The van der Waals surface area contributed by atoms with Crippen LogP contribution in [0.25, 0.3) is 0 Å². The Labute approximate surface area is 131 Å². The Bertz CT molecular complexity index is 271. The molecular weight excluding hydrogens is 262 g/mol. The molecule has 0 aliphatic rings. The van der Waals surface area contributed by atoms with Crippen LogP contribution in [-0.4, -0.2) is 37.3 Å². The number of aliphatic hydroxyl groups excluding tert-OH is 1. The minimum Gasteiger partial charge on any atom is -0.396 e. The Morgan fingerprint density at radius 3 is 2.10 bits per heavy atom. The second-order valence-electron chi connectivity index (χ2n) is 5.94. The highest BCUT2D eigenvalue weighted by Gasteiger charge is 2.25. The zero-order valence-corrected chi connectivity index (χ0v) is 14.8. The quantitative estimate of drug-likeness (QED) is 0.406. The largest absolute Gasteiger partial charge is 0.396 e. The lowest BCUT2D eigenvalue weighted by atomic mass is 9.79. The maximum atomic E-state index is 9.29. The van der Waals surface area contributed by atoms with E-state index in [1.54, 1.807) is 0 Å². The van der Waals surface area contributed by atoms with Crippen LogP contribution in [-0.2, 0) is 0 Å². The Hall–Kier alpha value is -0.770. The van der Waals surface area contributed by atoms with E-state index in [2.05, 4.69) is 45.3 Å². The molecule has 0 spiro atoms. The fourth-order valence-corrected chi connectivity index (χ4v) is 2.55. The number of nitrogens with zero attached hydrogens (tertiary/aromatic N) is 1. The first kappa shape index (κ1) is 20.2. The molecule has 0 atom stereocenters. The van der Waals surface area contributed by atoms with Crippen molar-refractivity contribution in [2.45, 2.75) is 66.7 Å². The average Bonchev–Trinajstić information content (AvgIpc) is 2.52. The Morgan fingerprint density at radius 1 is 1.05 bits per heavy atom. The van der Waals surface area contributed by atoms with Crippen molar-refractivity contribution in [3.05, 3.63) is 0 Å². The highest BCUT2D eigenvalue weighted by atomic mass is 16.3. The molecule has 0 saturated heterocycles. The van der Waals surface area contributed by atoms with Gasteiger partial charge in [0.25, 0.3) is 0 Å². The minimum atomic E-state index is 0.131. The molecule has 0 heterocycles. The molecule has 126 valence electrons. The minimum absolute atomic E-state index is 0.131. The lowest BCUT2D eigenvalue weighted by Gasteiger charge is -2.29. The molecule has 4 nitrogen and oxygen atoms in total. The van der Waals surface area contributed by atoms with Crippen LogP contribution in [0, 0.1) is 11.3 Å². The number of hydrogen-bond donors (Lipinski definition) is 3. The van der Waals surface area contributed by atoms with Gasteiger partial charge in [-0.15, -0.1) is 0 Å². The van der Waals surface area contributed by atoms with Crippen molar-refractivity contribution in [3.63, 3.8) is 0 Å². The van der Waals surface area contributed by atoms with E-state index in [4.69, 9.17) is 4.99 Å². The van der Waals surface area contributed by atoms with Gasteiger partial charge in [-0.1, -0.05) is 40.5 Å². The Morgan fingerprint density at radius 2 is 1.67 bits per heavy atom. The van der Waals surface area contributed by atoms with Gasteiger partial charge in [-0.05, 0) is 37.5 Å². The standard InChI is InChI=1S/C17H37N3O/c1-6-15(7-2)13-19-16(18-10-5)20-14-17(8-3,9-4)11-12-21/h15,21H,6-14H2,1-5H3,(H2,18,19,20). The van der Waals surface area contributed by atoms with E-state index in [-0.39, 0.29) is 12.0 Å². The van der Waals surface area contributed by atoms with Crippen LogP contribution in [0.5, 0.6) is 0 Å². The van der Waals surface area contributed by atoms with E-state index in [0.717, 1.165) is 44.9 Å². The molecule has 4 heteroatoms. The van der Waals surface area contributed by atoms with E-state index in [1.165, 1.54) is 12.8 Å². The van der Waals surface area contributed by atoms with Crippen LogP contribution in [0.2, 0.25) is 0 Å². The summed E-state index contributed by atoms with van der Waals surface area (Å²) in [6.07, 6.45) is 5.33. The summed E-state index contributed by atoms with van der Waals surface area (Å²) in [5.74, 6) is 1.61. The molecule has 0 aliphatic heterocycles. The van der Waals surface area contributed by atoms with Crippen LogP contribution < -0.4 is 10.6 Å². The van der Waals surface area contributed by atoms with Crippen molar-refractivity contribution < 1.29 is 5.11 Å². The summed E-state index contributed by atoms with van der Waals surface area (Å²) in [5, 5.41) is 16.1. The molecule has 0 rings (SSSR count). The maximum absolute atomic E-state index is 9.29. The van der Waals surface area contributed by atoms with Gasteiger partial charge in [0.2, 0.25) is 0 Å². The average molecular weight is 300 g/mol. The van der Waals surface area contributed by atoms with Gasteiger partial charge in [0, 0.05) is 26.2 Å². The summed E-state index contributed by atoms with van der Waals surface area (Å²) >= 11 is 0. The van der Waals surface area contributed by atoms with E-state index >= 15 is 0 Å². The molecule has 0 amide bonds. The van der Waals surface area contributed by atoms with Crippen LogP contribution >= 0.6 is 0 Å². The van der Waals surface area contributed by atoms with E-state index in [9.17, 15) is 5.11 Å². The zero-order chi connectivity index (χ0) is 16.1. The fourth-order valence-electron chi connectivity index (χ4n) is 2.55. The van der Waals surface area contributed by atoms with Gasteiger partial charge in [-0.25, -0.2) is 0 Å². The number of guanidine groups is 1. The molecule has 0 aromatic heterocycles. The lowest BCUT2D eigenvalue weighted by molar-refractivity contribution is 0.175. The van der Waals surface area contributed by atoms with Crippen LogP contribution in [0.4, 0.5) is 0 Å². The molecule has 0 radical (unpaired) electrons. The van der Waals surface area contributed by atoms with E-state index in [0.29, 0.717) is 5.92 Å². The van der Waals surface area contributed by atoms with Crippen molar-refractivity contribution in [2.75, 3.05) is 26.2 Å². The molecule has 0 aliphatic carbocycles. The second kappa shape index (κ2) is 11.8. The lowest BCUT2D eigenvalue weighted by Crippen LogP contribution is -2.40. The van der Waals surface area contributed by atoms with E-state index in [1.807, 2.05) is 0 Å². The Balaban J connectivity index is 4.68. The maximum Gasteiger partial charge on any atom is 0.191 e. The number of rotatable bonds is 11. The van der Waals surface area contributed by atoms with Gasteiger partial charge in [-0.3, -0.25) is 4.99 Å². The highest BCUT2D eigenvalue weighted by Crippen LogP contribution is 2.30. The predicted octanol–water partition coefficient (Wildman–Crippen LogP) is 3.17. The third kappa shape index (κ3) is 7.70. The highest BCUT2D eigenvalue weighted by molar-refractivity contribution is 5.79. The number of aliphatic hydroxyl groups is 1. The van der Waals surface area contributed by atoms with Crippen molar-refractivity contribution in [2.24, 2.45) is 16.3 Å². The topological polar surface area (TPSA) is 56.7 Å². The van der Waals surface area contributed by atoms with Crippen molar-refractivity contribution in [1.29, 1.82) is 0 Å². The fraction of sp³-hybridized carbons (Fsp3) is 0.941. The van der Waals surface area contributed by atoms with Gasteiger partial charge < -0.3 is 15.7 Å². The predicted molar refractivity (Wildman–Crippen MR) is 92.8 cm³/mol. The summed E-state index contributed by atoms with van der Waals surface area (Å²) in [6, 6.07) is 0. The molecule has 0 fully saturated rings. The first-order valence-corrected chi connectivity index (χ1v) is 8.74. The second-order valence-corrected chi connectivity index (χ2v) is 5.94. The molecule has 0 aromatic rings. The molecule has 0 bridgehead atoms. The molecule has 0 aromatic carbocycles. The summed E-state index contributed by atoms with van der Waals surface area (Å²) in [6.45, 7) is 13.8. The van der Waals surface area contributed by atoms with Crippen molar-refractivity contribution >= 4 is 5.96 Å². The van der Waals surface area contributed by atoms with Gasteiger partial charge in [0.1, 0.15) is 0 Å². The molecule has 0 saturated carbocycles. The molecule has 3 N–H and O–H groups in total. The Kier molecular flexibility index (Phi) is 11.4. The first-order valence-electron chi connectivity index (χ1n) is 8.74. The van der Waals surface area contributed by atoms with Crippen LogP contribution in [0.1, 0.15) is 66.7 Å². The van der Waals surface area contributed by atoms with Gasteiger partial charge in [0.15, 0.2) is 5.96 Å². The molecule has 0 unspecified atom stereocenters. The molecule has 21 heavy (non-hydrogen) atoms. The van der Waals surface area contributed by atoms with Crippen LogP contribution in [0.3, 0.4) is 0 Å². The third-order valence-electron chi connectivity index (χ3n) is 4.77. The summed E-state index contributed by atoms with van der Waals surface area (Å²) < 4.78 is 0. The third-order valence-corrected chi connectivity index (χ3v) is 4.77. The van der Waals surface area contributed by atoms with Gasteiger partial charge in [0.05, 0.1) is 0 Å². The van der Waals surface area contributed by atoms with E-state index < -0.39 is 0 Å². The monoisotopic (exact) mass is 299 g/mol. The van der Waals surface area contributed by atoms with Gasteiger partial charge in [-0.2, -0.15) is 0 Å². The summed E-state index contributed by atoms with van der Waals surface area (Å²) in [5.41, 5.74) is 0.131. The number of aliphatic imine (C=N–C) groups is 1. The van der Waals surface area contributed by atoms with Crippen LogP contribution in [0.15, 0.2) is 4.99 Å². The number of hydrogen-bond acceptors (Lipinski definition) is 2. The zero-order valence-electron chi connectivity index (χ0n) is 14.8. The number of nitrogens with one attached hydrogen (secondary N) is 2. The normalized spacial score (nSPS) is 12.8. The van der Waals surface area contributed by atoms with Crippen molar-refractivity contribution in [3.8, 4) is 0 Å².